The Labute approximate surface area is 109 Å². The summed E-state index contributed by atoms with van der Waals surface area (Å²) in [6.07, 6.45) is 1.79. The molecule has 19 heavy (non-hydrogen) atoms. The first kappa shape index (κ1) is 11.4. The fraction of sp³-hybridized carbons (Fsp3) is 0.0714. The van der Waals surface area contributed by atoms with Crippen LogP contribution in [0.4, 0.5) is 0 Å². The molecule has 5 nitrogen and oxygen atoms in total. The van der Waals surface area contributed by atoms with Crippen molar-refractivity contribution in [2.24, 2.45) is 0 Å². The summed E-state index contributed by atoms with van der Waals surface area (Å²) in [4.78, 5) is 15.0. The summed E-state index contributed by atoms with van der Waals surface area (Å²) >= 11 is 0. The zero-order valence-corrected chi connectivity index (χ0v) is 10.0. The number of aromatic carboxylic acids is 1. The number of carbonyl (C=O) groups is 1. The van der Waals surface area contributed by atoms with Crippen LogP contribution in [0.15, 0.2) is 48.7 Å². The van der Waals surface area contributed by atoms with Gasteiger partial charge >= 0.3 is 5.97 Å². The fourth-order valence-electron chi connectivity index (χ4n) is 1.99. The van der Waals surface area contributed by atoms with Crippen LogP contribution in [0.1, 0.15) is 16.2 Å². The summed E-state index contributed by atoms with van der Waals surface area (Å²) in [5.74, 6) is -1.02. The van der Waals surface area contributed by atoms with Gasteiger partial charge in [0, 0.05) is 5.39 Å². The Morgan fingerprint density at radius 2 is 2.00 bits per heavy atom. The lowest BCUT2D eigenvalue weighted by molar-refractivity contribution is 0.0690. The summed E-state index contributed by atoms with van der Waals surface area (Å²) in [7, 11) is 0. The number of carboxylic acids is 1. The standard InChI is InChI=1S/C14H11N3O2/c18-14(19)12-6-3-5-11(16-12)9-17-13-7-2-1-4-10(13)8-15-17/h1-8H,9H2,(H,18,19). The lowest BCUT2D eigenvalue weighted by Crippen LogP contribution is -2.07. The molecule has 0 unspecified atom stereocenters. The molecular weight excluding hydrogens is 242 g/mol. The number of nitrogens with zero attached hydrogens (tertiary/aromatic N) is 3. The van der Waals surface area contributed by atoms with Crippen molar-refractivity contribution >= 4 is 16.9 Å². The highest BCUT2D eigenvalue weighted by Crippen LogP contribution is 2.14. The molecule has 0 saturated heterocycles. The average molecular weight is 253 g/mol. The van der Waals surface area contributed by atoms with Gasteiger partial charge in [-0.1, -0.05) is 24.3 Å². The summed E-state index contributed by atoms with van der Waals surface area (Å²) < 4.78 is 1.81. The number of fused-ring (bicyclic) bond motifs is 1. The lowest BCUT2D eigenvalue weighted by atomic mass is 10.2. The largest absolute Gasteiger partial charge is 0.477 e. The Bertz CT molecular complexity index is 749. The van der Waals surface area contributed by atoms with Crippen molar-refractivity contribution in [3.63, 3.8) is 0 Å². The Hall–Kier alpha value is -2.69. The van der Waals surface area contributed by atoms with E-state index in [1.807, 2.05) is 28.9 Å². The van der Waals surface area contributed by atoms with Crippen molar-refractivity contribution in [3.05, 3.63) is 60.0 Å². The molecule has 0 aliphatic heterocycles. The van der Waals surface area contributed by atoms with E-state index >= 15 is 0 Å². The van der Waals surface area contributed by atoms with Crippen molar-refractivity contribution in [2.45, 2.75) is 6.54 Å². The number of hydrogen-bond acceptors (Lipinski definition) is 3. The molecule has 5 heteroatoms. The highest BCUT2D eigenvalue weighted by molar-refractivity contribution is 5.85. The number of aromatic nitrogens is 3. The third-order valence-electron chi connectivity index (χ3n) is 2.89. The number of rotatable bonds is 3. The van der Waals surface area contributed by atoms with Gasteiger partial charge in [0.2, 0.25) is 0 Å². The Kier molecular flexibility index (Phi) is 2.72. The van der Waals surface area contributed by atoms with Crippen molar-refractivity contribution in [3.8, 4) is 0 Å². The molecule has 0 radical (unpaired) electrons. The molecule has 0 atom stereocenters. The molecule has 2 aromatic heterocycles. The highest BCUT2D eigenvalue weighted by atomic mass is 16.4. The van der Waals surface area contributed by atoms with Gasteiger partial charge in [-0.05, 0) is 18.2 Å². The van der Waals surface area contributed by atoms with Crippen molar-refractivity contribution in [2.75, 3.05) is 0 Å². The molecule has 0 spiro atoms. The molecule has 0 aliphatic carbocycles. The molecule has 3 rings (SSSR count). The Morgan fingerprint density at radius 3 is 2.84 bits per heavy atom. The van der Waals surface area contributed by atoms with Crippen LogP contribution in [0.5, 0.6) is 0 Å². The van der Waals surface area contributed by atoms with Crippen molar-refractivity contribution in [1.82, 2.24) is 14.8 Å². The topological polar surface area (TPSA) is 68.0 Å². The molecule has 1 N–H and O–H groups in total. The minimum absolute atomic E-state index is 0.0500. The van der Waals surface area contributed by atoms with Crippen molar-refractivity contribution < 1.29 is 9.90 Å². The highest BCUT2D eigenvalue weighted by Gasteiger charge is 2.07. The molecule has 0 fully saturated rings. The minimum Gasteiger partial charge on any atom is -0.477 e. The molecule has 0 bridgehead atoms. The molecule has 2 heterocycles. The van der Waals surface area contributed by atoms with Crippen LogP contribution in [0.2, 0.25) is 0 Å². The van der Waals surface area contributed by atoms with Crippen LogP contribution in [-0.2, 0) is 6.54 Å². The van der Waals surface area contributed by atoms with E-state index in [4.69, 9.17) is 5.11 Å². The van der Waals surface area contributed by atoms with Crippen LogP contribution in [0.3, 0.4) is 0 Å². The van der Waals surface area contributed by atoms with Gasteiger partial charge in [-0.3, -0.25) is 4.68 Å². The molecule has 3 aromatic rings. The first-order valence-corrected chi connectivity index (χ1v) is 5.84. The van der Waals surface area contributed by atoms with E-state index in [0.717, 1.165) is 10.9 Å². The van der Waals surface area contributed by atoms with Crippen molar-refractivity contribution in [1.29, 1.82) is 0 Å². The van der Waals surface area contributed by atoms with Gasteiger partial charge in [-0.25, -0.2) is 9.78 Å². The zero-order chi connectivity index (χ0) is 13.2. The molecular formula is C14H11N3O2. The van der Waals surface area contributed by atoms with E-state index < -0.39 is 5.97 Å². The second-order valence-electron chi connectivity index (χ2n) is 4.18. The lowest BCUT2D eigenvalue weighted by Gasteiger charge is -2.04. The van der Waals surface area contributed by atoms with E-state index in [0.29, 0.717) is 12.2 Å². The van der Waals surface area contributed by atoms with E-state index in [2.05, 4.69) is 10.1 Å². The average Bonchev–Trinajstić information content (AvgIpc) is 2.83. The smallest absolute Gasteiger partial charge is 0.354 e. The van der Waals surface area contributed by atoms with E-state index in [1.165, 1.54) is 6.07 Å². The quantitative estimate of drug-likeness (QED) is 0.776. The normalized spacial score (nSPS) is 10.7. The third kappa shape index (κ3) is 2.18. The number of para-hydroxylation sites is 1. The predicted octanol–water partition coefficient (Wildman–Crippen LogP) is 2.18. The second-order valence-corrected chi connectivity index (χ2v) is 4.18. The summed E-state index contributed by atoms with van der Waals surface area (Å²) in [6.45, 7) is 0.453. The van der Waals surface area contributed by atoms with Crippen LogP contribution in [-0.4, -0.2) is 25.8 Å². The first-order valence-electron chi connectivity index (χ1n) is 5.84. The van der Waals surface area contributed by atoms with E-state index in [-0.39, 0.29) is 5.69 Å². The summed E-state index contributed by atoms with van der Waals surface area (Å²) in [5, 5.41) is 14.3. The van der Waals surface area contributed by atoms with Crippen LogP contribution in [0.25, 0.3) is 10.9 Å². The maximum atomic E-state index is 10.9. The van der Waals surface area contributed by atoms with Crippen LogP contribution >= 0.6 is 0 Å². The van der Waals surface area contributed by atoms with Crippen LogP contribution < -0.4 is 0 Å². The molecule has 94 valence electrons. The van der Waals surface area contributed by atoms with Gasteiger partial charge in [0.05, 0.1) is 24.0 Å². The maximum absolute atomic E-state index is 10.9. The third-order valence-corrected chi connectivity index (χ3v) is 2.89. The zero-order valence-electron chi connectivity index (χ0n) is 10.0. The summed E-state index contributed by atoms with van der Waals surface area (Å²) in [5.41, 5.74) is 1.73. The monoisotopic (exact) mass is 253 g/mol. The van der Waals surface area contributed by atoms with Gasteiger partial charge in [0.25, 0.3) is 0 Å². The Balaban J connectivity index is 1.97. The van der Waals surface area contributed by atoms with Gasteiger partial charge < -0.3 is 5.11 Å². The molecule has 0 amide bonds. The van der Waals surface area contributed by atoms with Gasteiger partial charge in [-0.2, -0.15) is 5.10 Å². The minimum atomic E-state index is -1.02. The number of pyridine rings is 1. The maximum Gasteiger partial charge on any atom is 0.354 e. The fourth-order valence-corrected chi connectivity index (χ4v) is 1.99. The number of benzene rings is 1. The second kappa shape index (κ2) is 4.53. The predicted molar refractivity (Wildman–Crippen MR) is 70.0 cm³/mol. The molecule has 1 aromatic carbocycles. The SMILES string of the molecule is O=C(O)c1cccc(Cn2ncc3ccccc32)n1. The number of hydrogen-bond donors (Lipinski definition) is 1. The van der Waals surface area contributed by atoms with Gasteiger partial charge in [-0.15, -0.1) is 0 Å². The molecule has 0 aliphatic rings. The van der Waals surface area contributed by atoms with E-state index in [9.17, 15) is 4.79 Å². The first-order chi connectivity index (χ1) is 9.24. The van der Waals surface area contributed by atoms with Gasteiger partial charge in [0.15, 0.2) is 0 Å². The van der Waals surface area contributed by atoms with Gasteiger partial charge in [0.1, 0.15) is 5.69 Å². The van der Waals surface area contributed by atoms with E-state index in [1.54, 1.807) is 18.3 Å². The van der Waals surface area contributed by atoms with Crippen LogP contribution in [0, 0.1) is 0 Å². The summed E-state index contributed by atoms with van der Waals surface area (Å²) in [6, 6.07) is 12.8. The Morgan fingerprint density at radius 1 is 1.16 bits per heavy atom. The number of carboxylic acid groups (broad SMARTS) is 1. The molecule has 0 saturated carbocycles.